The highest BCUT2D eigenvalue weighted by Gasteiger charge is 2.43. The fourth-order valence-corrected chi connectivity index (χ4v) is 7.93. The van der Waals surface area contributed by atoms with Crippen LogP contribution in [0.25, 0.3) is 10.9 Å². The van der Waals surface area contributed by atoms with Crippen molar-refractivity contribution in [2.75, 3.05) is 20.5 Å². The third-order valence-electron chi connectivity index (χ3n) is 11.4. The summed E-state index contributed by atoms with van der Waals surface area (Å²) in [6.07, 6.45) is -1.05. The van der Waals surface area contributed by atoms with Gasteiger partial charge in [0, 0.05) is 47.8 Å². The second-order valence-electron chi connectivity index (χ2n) is 15.2. The van der Waals surface area contributed by atoms with E-state index in [1.165, 1.54) is 0 Å². The van der Waals surface area contributed by atoms with Gasteiger partial charge in [-0.3, -0.25) is 28.5 Å². The van der Waals surface area contributed by atoms with Crippen LogP contribution in [-0.4, -0.2) is 61.3 Å². The minimum atomic E-state index is -0.824. The molecule has 14 nitrogen and oxygen atoms in total. The Labute approximate surface area is 347 Å². The zero-order valence-corrected chi connectivity index (χ0v) is 33.9. The molecule has 0 saturated heterocycles. The van der Waals surface area contributed by atoms with E-state index in [-0.39, 0.29) is 69.4 Å². The summed E-state index contributed by atoms with van der Waals surface area (Å²) < 4.78 is 29.2. The van der Waals surface area contributed by atoms with Crippen LogP contribution in [0.2, 0.25) is 0 Å². The second-order valence-corrected chi connectivity index (χ2v) is 15.2. The van der Waals surface area contributed by atoms with Crippen LogP contribution in [0.15, 0.2) is 78.9 Å². The molecule has 1 aliphatic carbocycles. The molecule has 1 aromatic heterocycles. The average molecular weight is 817 g/mol. The van der Waals surface area contributed by atoms with E-state index >= 15 is 0 Å². The molecule has 2 aliphatic rings. The molecule has 14 heteroatoms. The molecule has 0 saturated carbocycles. The third kappa shape index (κ3) is 8.83. The molecule has 5 aromatic rings. The normalized spacial score (nSPS) is 17.7. The van der Waals surface area contributed by atoms with Gasteiger partial charge in [0.15, 0.2) is 11.5 Å². The first kappa shape index (κ1) is 41.5. The van der Waals surface area contributed by atoms with Gasteiger partial charge >= 0.3 is 5.97 Å². The molecular formula is C46H48N4O10. The predicted octanol–water partition coefficient (Wildman–Crippen LogP) is 5.46. The fourth-order valence-electron chi connectivity index (χ4n) is 7.93. The van der Waals surface area contributed by atoms with Crippen molar-refractivity contribution in [1.82, 2.24) is 15.2 Å². The van der Waals surface area contributed by atoms with Gasteiger partial charge < -0.3 is 40.1 Å². The quantitative estimate of drug-likeness (QED) is 0.0901. The third-order valence-corrected chi connectivity index (χ3v) is 11.4. The number of fused-ring (bicyclic) bond motifs is 3. The first-order valence-electron chi connectivity index (χ1n) is 19.8. The molecule has 0 fully saturated rings. The van der Waals surface area contributed by atoms with Gasteiger partial charge in [-0.15, -0.1) is 0 Å². The Morgan fingerprint density at radius 1 is 0.850 bits per heavy atom. The number of amides is 2. The number of nitrogens with one attached hydrogen (secondary N) is 2. The molecule has 4 atom stereocenters. The molecule has 2 amide bonds. The maximum absolute atomic E-state index is 13.7. The molecule has 0 spiro atoms. The average Bonchev–Trinajstić information content (AvgIpc) is 3.83. The summed E-state index contributed by atoms with van der Waals surface area (Å²) in [4.78, 5) is 64.0. The summed E-state index contributed by atoms with van der Waals surface area (Å²) >= 11 is 0. The van der Waals surface area contributed by atoms with Crippen molar-refractivity contribution in [3.8, 4) is 17.2 Å². The Morgan fingerprint density at radius 3 is 2.15 bits per heavy atom. The number of nitrogens with two attached hydrogens (primary N) is 1. The van der Waals surface area contributed by atoms with E-state index in [2.05, 4.69) is 10.6 Å². The van der Waals surface area contributed by atoms with Gasteiger partial charge in [-0.25, -0.2) is 0 Å². The molecule has 4 N–H and O–H groups in total. The van der Waals surface area contributed by atoms with Crippen LogP contribution in [0.4, 0.5) is 0 Å². The number of carbonyl (C=O) groups excluding carboxylic acids is 5. The van der Waals surface area contributed by atoms with Gasteiger partial charge in [0.05, 0.1) is 38.0 Å². The van der Waals surface area contributed by atoms with E-state index in [9.17, 15) is 24.0 Å². The number of hydrogen-bond acceptors (Lipinski definition) is 11. The minimum Gasteiger partial charge on any atom is -0.497 e. The molecule has 7 rings (SSSR count). The molecule has 0 bridgehead atoms. The van der Waals surface area contributed by atoms with E-state index in [0.29, 0.717) is 46.1 Å². The van der Waals surface area contributed by atoms with Gasteiger partial charge in [-0.1, -0.05) is 48.9 Å². The molecule has 60 heavy (non-hydrogen) atoms. The summed E-state index contributed by atoms with van der Waals surface area (Å²) in [6, 6.07) is 23.5. The van der Waals surface area contributed by atoms with Crippen LogP contribution >= 0.6 is 0 Å². The van der Waals surface area contributed by atoms with E-state index in [0.717, 1.165) is 33.2 Å². The largest absolute Gasteiger partial charge is 0.497 e. The molecule has 0 radical (unpaired) electrons. The zero-order valence-electron chi connectivity index (χ0n) is 33.9. The smallest absolute Gasteiger partial charge is 0.306 e. The molecule has 4 unspecified atom stereocenters. The number of rotatable bonds is 15. The monoisotopic (exact) mass is 816 g/mol. The summed E-state index contributed by atoms with van der Waals surface area (Å²) in [5.41, 5.74) is 13.5. The van der Waals surface area contributed by atoms with Crippen molar-refractivity contribution in [1.29, 1.82) is 0 Å². The number of esters is 1. The summed E-state index contributed by atoms with van der Waals surface area (Å²) in [5.74, 6) is -0.263. The summed E-state index contributed by atoms with van der Waals surface area (Å²) in [6.45, 7) is 6.63. The maximum Gasteiger partial charge on any atom is 0.306 e. The number of ether oxygens (including phenoxy) is 5. The lowest BCUT2D eigenvalue weighted by Gasteiger charge is -2.40. The molecule has 312 valence electrons. The Balaban J connectivity index is 0.913. The first-order valence-corrected chi connectivity index (χ1v) is 19.8. The van der Waals surface area contributed by atoms with Gasteiger partial charge in [0.1, 0.15) is 11.9 Å². The van der Waals surface area contributed by atoms with Crippen LogP contribution < -0.4 is 30.6 Å². The minimum absolute atomic E-state index is 0.0487. The number of nitrogens with zero attached hydrogens (tertiary/aromatic N) is 1. The van der Waals surface area contributed by atoms with Gasteiger partial charge in [-0.2, -0.15) is 0 Å². The standard InChI is InChI=1S/C46H48N4O10/c1-26-5-11-31(12-6-26)46(55)50-28(3)34(35-17-32(56-4)13-14-38(35)50)20-42(53)49-22-30-9-7-29(8-10-30)21-48-41(52)15-16-43(54)60-45-36-19-40-39(58-25-59-40)18-33(36)27(2)44(47)37(45)23-57-24-51/h5-14,17-19,24,27,37,44-45H,15-16,20-23,25,47H2,1-4H3,(H,48,52)(H,49,53). The predicted molar refractivity (Wildman–Crippen MR) is 221 cm³/mol. The van der Waals surface area contributed by atoms with Crippen LogP contribution in [0.3, 0.4) is 0 Å². The molecule has 2 heterocycles. The Kier molecular flexibility index (Phi) is 12.5. The van der Waals surface area contributed by atoms with Crippen LogP contribution in [0.5, 0.6) is 17.2 Å². The lowest BCUT2D eigenvalue weighted by atomic mass is 9.72. The Hall–Kier alpha value is -6.67. The zero-order chi connectivity index (χ0) is 42.5. The number of carbonyl (C=O) groups is 5. The molecule has 4 aromatic carbocycles. The summed E-state index contributed by atoms with van der Waals surface area (Å²) in [5, 5.41) is 6.59. The van der Waals surface area contributed by atoms with E-state index in [1.54, 1.807) is 35.9 Å². The second kappa shape index (κ2) is 18.1. The summed E-state index contributed by atoms with van der Waals surface area (Å²) in [7, 11) is 1.57. The van der Waals surface area contributed by atoms with Gasteiger partial charge in [-0.05, 0) is 84.5 Å². The number of methoxy groups -OCH3 is 1. The van der Waals surface area contributed by atoms with E-state index in [4.69, 9.17) is 29.4 Å². The molecule has 1 aliphatic heterocycles. The number of aromatic nitrogens is 1. The lowest BCUT2D eigenvalue weighted by molar-refractivity contribution is -0.156. The van der Waals surface area contributed by atoms with E-state index in [1.807, 2.05) is 75.4 Å². The Bertz CT molecular complexity index is 2420. The van der Waals surface area contributed by atoms with Crippen LogP contribution in [0.1, 0.15) is 81.2 Å². The van der Waals surface area contributed by atoms with Gasteiger partial charge in [0.25, 0.3) is 12.4 Å². The highest BCUT2D eigenvalue weighted by Crippen LogP contribution is 2.48. The number of aryl methyl sites for hydroxylation is 1. The number of benzene rings is 4. The highest BCUT2D eigenvalue weighted by atomic mass is 16.7. The van der Waals surface area contributed by atoms with Crippen molar-refractivity contribution in [3.05, 3.63) is 124 Å². The SMILES string of the molecule is COc1ccc2c(c1)c(CC(=O)NCc1ccc(CNC(=O)CCC(=O)OC3c4cc5c(cc4C(C)C(N)C3COC=O)OCO5)cc1)c(C)n2C(=O)c1ccc(C)cc1. The van der Waals surface area contributed by atoms with Crippen molar-refractivity contribution in [2.45, 2.75) is 71.2 Å². The Morgan fingerprint density at radius 2 is 1.50 bits per heavy atom. The lowest BCUT2D eigenvalue weighted by Crippen LogP contribution is -2.46. The van der Waals surface area contributed by atoms with Crippen molar-refractivity contribution >= 4 is 41.1 Å². The fraction of sp³-hybridized carbons (Fsp3) is 0.326. The first-order chi connectivity index (χ1) is 28.9. The maximum atomic E-state index is 13.7. The van der Waals surface area contributed by atoms with Crippen LogP contribution in [-0.2, 0) is 48.2 Å². The van der Waals surface area contributed by atoms with E-state index < -0.39 is 24.0 Å². The number of hydrogen-bond donors (Lipinski definition) is 3. The van der Waals surface area contributed by atoms with Crippen molar-refractivity contribution in [2.24, 2.45) is 11.7 Å². The van der Waals surface area contributed by atoms with Crippen molar-refractivity contribution < 1.29 is 47.7 Å². The highest BCUT2D eigenvalue weighted by molar-refractivity contribution is 6.05. The topological polar surface area (TPSA) is 187 Å². The van der Waals surface area contributed by atoms with Crippen LogP contribution in [0, 0.1) is 19.8 Å². The van der Waals surface area contributed by atoms with Crippen molar-refractivity contribution in [3.63, 3.8) is 0 Å². The molecular weight excluding hydrogens is 769 g/mol. The van der Waals surface area contributed by atoms with Gasteiger partial charge in [0.2, 0.25) is 18.6 Å².